The first-order valence-corrected chi connectivity index (χ1v) is 5.23. The maximum absolute atomic E-state index is 10.8. The van der Waals surface area contributed by atoms with Crippen molar-refractivity contribution in [1.82, 2.24) is 9.78 Å². The van der Waals surface area contributed by atoms with E-state index >= 15 is 0 Å². The lowest BCUT2D eigenvalue weighted by molar-refractivity contribution is 0.0687. The summed E-state index contributed by atoms with van der Waals surface area (Å²) < 4.78 is 1.36. The van der Waals surface area contributed by atoms with E-state index in [1.54, 1.807) is 6.07 Å². The number of carboxylic acids is 1. The van der Waals surface area contributed by atoms with Gasteiger partial charge >= 0.3 is 5.97 Å². The van der Waals surface area contributed by atoms with Crippen molar-refractivity contribution in [3.8, 4) is 11.4 Å². The van der Waals surface area contributed by atoms with Crippen LogP contribution in [0.25, 0.3) is 5.69 Å². The minimum Gasteiger partial charge on any atom is -0.504 e. The lowest BCUT2D eigenvalue weighted by Gasteiger charge is -2.02. The smallest absolute Gasteiger partial charge is 0.360 e. The SMILES string of the molecule is CCc1cccc(-n2cc(O)c(C(=O)O)n2)c1. The number of carbonyl (C=O) groups is 1. The lowest BCUT2D eigenvalue weighted by atomic mass is 10.1. The Morgan fingerprint density at radius 2 is 2.24 bits per heavy atom. The molecule has 17 heavy (non-hydrogen) atoms. The van der Waals surface area contributed by atoms with Gasteiger partial charge in [-0.3, -0.25) is 0 Å². The molecule has 0 aliphatic carbocycles. The molecule has 2 rings (SSSR count). The van der Waals surface area contributed by atoms with E-state index in [1.165, 1.54) is 10.9 Å². The van der Waals surface area contributed by atoms with Gasteiger partial charge in [0.05, 0.1) is 11.9 Å². The number of aromatic nitrogens is 2. The topological polar surface area (TPSA) is 75.4 Å². The first-order valence-electron chi connectivity index (χ1n) is 5.23. The highest BCUT2D eigenvalue weighted by molar-refractivity contribution is 5.88. The predicted molar refractivity (Wildman–Crippen MR) is 61.6 cm³/mol. The van der Waals surface area contributed by atoms with Gasteiger partial charge in [-0.25, -0.2) is 9.48 Å². The van der Waals surface area contributed by atoms with Gasteiger partial charge in [0.25, 0.3) is 0 Å². The second-order valence-corrected chi connectivity index (χ2v) is 3.64. The Morgan fingerprint density at radius 1 is 1.47 bits per heavy atom. The van der Waals surface area contributed by atoms with Gasteiger partial charge in [0.1, 0.15) is 0 Å². The fraction of sp³-hybridized carbons (Fsp3) is 0.167. The highest BCUT2D eigenvalue weighted by Gasteiger charge is 2.15. The third-order valence-electron chi connectivity index (χ3n) is 2.48. The summed E-state index contributed by atoms with van der Waals surface area (Å²) in [5, 5.41) is 22.0. The first kappa shape index (κ1) is 11.2. The van der Waals surface area contributed by atoms with Crippen molar-refractivity contribution < 1.29 is 15.0 Å². The molecule has 0 amide bonds. The molecule has 0 radical (unpaired) electrons. The molecule has 1 aromatic heterocycles. The second-order valence-electron chi connectivity index (χ2n) is 3.64. The van der Waals surface area contributed by atoms with Crippen LogP contribution in [0, 0.1) is 0 Å². The van der Waals surface area contributed by atoms with Gasteiger partial charge in [-0.05, 0) is 24.1 Å². The molecule has 1 aromatic carbocycles. The second kappa shape index (κ2) is 4.29. The van der Waals surface area contributed by atoms with E-state index in [9.17, 15) is 9.90 Å². The molecule has 5 nitrogen and oxygen atoms in total. The number of aromatic carboxylic acids is 1. The number of rotatable bonds is 3. The minimum atomic E-state index is -1.24. The van der Waals surface area contributed by atoms with Crippen molar-refractivity contribution in [2.24, 2.45) is 0 Å². The van der Waals surface area contributed by atoms with E-state index in [0.717, 1.165) is 17.7 Å². The van der Waals surface area contributed by atoms with E-state index < -0.39 is 5.97 Å². The van der Waals surface area contributed by atoms with Gasteiger partial charge < -0.3 is 10.2 Å². The Hall–Kier alpha value is -2.30. The van der Waals surface area contributed by atoms with Crippen LogP contribution in [-0.2, 0) is 6.42 Å². The normalized spacial score (nSPS) is 10.4. The highest BCUT2D eigenvalue weighted by Crippen LogP contribution is 2.18. The van der Waals surface area contributed by atoms with Crippen LogP contribution < -0.4 is 0 Å². The summed E-state index contributed by atoms with van der Waals surface area (Å²) in [6.45, 7) is 2.03. The molecule has 88 valence electrons. The Kier molecular flexibility index (Phi) is 2.82. The molecule has 1 heterocycles. The number of aromatic hydroxyl groups is 1. The molecule has 0 bridgehead atoms. The van der Waals surface area contributed by atoms with E-state index in [-0.39, 0.29) is 11.4 Å². The molecule has 0 spiro atoms. The molecule has 2 N–H and O–H groups in total. The van der Waals surface area contributed by atoms with E-state index in [0.29, 0.717) is 0 Å². The zero-order chi connectivity index (χ0) is 12.4. The molecule has 0 fully saturated rings. The molecular weight excluding hydrogens is 220 g/mol. The van der Waals surface area contributed by atoms with Crippen LogP contribution in [0.2, 0.25) is 0 Å². The molecule has 0 saturated heterocycles. The number of hydrogen-bond donors (Lipinski definition) is 2. The van der Waals surface area contributed by atoms with Crippen LogP contribution in [-0.4, -0.2) is 26.0 Å². The molecule has 0 aliphatic rings. The van der Waals surface area contributed by atoms with Crippen LogP contribution in [0.1, 0.15) is 23.0 Å². The standard InChI is InChI=1S/C12H12N2O3/c1-2-8-4-3-5-9(6-8)14-7-10(15)11(13-14)12(16)17/h3-7,15H,2H2,1H3,(H,16,17). The molecule has 0 atom stereocenters. The average Bonchev–Trinajstić information content (AvgIpc) is 2.71. The Balaban J connectivity index is 2.46. The van der Waals surface area contributed by atoms with Gasteiger partial charge in [-0.1, -0.05) is 19.1 Å². The van der Waals surface area contributed by atoms with Crippen molar-refractivity contribution in [3.05, 3.63) is 41.7 Å². The molecule has 0 saturated carbocycles. The molecule has 0 unspecified atom stereocenters. The van der Waals surface area contributed by atoms with Crippen LogP contribution in [0.5, 0.6) is 5.75 Å². The molecule has 2 aromatic rings. The Morgan fingerprint density at radius 3 is 2.82 bits per heavy atom. The minimum absolute atomic E-state index is 0.334. The van der Waals surface area contributed by atoms with Gasteiger partial charge in [-0.15, -0.1) is 0 Å². The van der Waals surface area contributed by atoms with Crippen LogP contribution in [0.4, 0.5) is 0 Å². The third kappa shape index (κ3) is 2.13. The summed E-state index contributed by atoms with van der Waals surface area (Å²) in [4.78, 5) is 10.8. The van der Waals surface area contributed by atoms with Crippen LogP contribution in [0.15, 0.2) is 30.5 Å². The summed E-state index contributed by atoms with van der Waals surface area (Å²) in [6, 6.07) is 7.55. The average molecular weight is 232 g/mol. The number of carboxylic acid groups (broad SMARTS) is 1. The van der Waals surface area contributed by atoms with E-state index in [2.05, 4.69) is 5.10 Å². The Labute approximate surface area is 97.9 Å². The van der Waals surface area contributed by atoms with Crippen molar-refractivity contribution in [2.75, 3.05) is 0 Å². The largest absolute Gasteiger partial charge is 0.504 e. The maximum atomic E-state index is 10.8. The third-order valence-corrected chi connectivity index (χ3v) is 2.48. The van der Waals surface area contributed by atoms with E-state index in [4.69, 9.17) is 5.11 Å². The summed E-state index contributed by atoms with van der Waals surface area (Å²) in [6.07, 6.45) is 2.17. The fourth-order valence-electron chi connectivity index (χ4n) is 1.57. The van der Waals surface area contributed by atoms with E-state index in [1.807, 2.05) is 25.1 Å². The van der Waals surface area contributed by atoms with Crippen molar-refractivity contribution in [3.63, 3.8) is 0 Å². The van der Waals surface area contributed by atoms with Crippen LogP contribution in [0.3, 0.4) is 0 Å². The maximum Gasteiger partial charge on any atom is 0.360 e. The summed E-state index contributed by atoms with van der Waals surface area (Å²) >= 11 is 0. The summed E-state index contributed by atoms with van der Waals surface area (Å²) in [7, 11) is 0. The molecule has 0 aliphatic heterocycles. The summed E-state index contributed by atoms with van der Waals surface area (Å²) in [5.74, 6) is -1.58. The van der Waals surface area contributed by atoms with Gasteiger partial charge in [0.2, 0.25) is 5.69 Å². The number of hydrogen-bond acceptors (Lipinski definition) is 3. The van der Waals surface area contributed by atoms with Crippen molar-refractivity contribution >= 4 is 5.97 Å². The van der Waals surface area contributed by atoms with Gasteiger partial charge in [0.15, 0.2) is 5.75 Å². The molecular formula is C12H12N2O3. The first-order chi connectivity index (χ1) is 8.11. The Bertz CT molecular complexity index is 561. The number of benzene rings is 1. The van der Waals surface area contributed by atoms with Crippen molar-refractivity contribution in [2.45, 2.75) is 13.3 Å². The van der Waals surface area contributed by atoms with Crippen molar-refractivity contribution in [1.29, 1.82) is 0 Å². The summed E-state index contributed by atoms with van der Waals surface area (Å²) in [5.41, 5.74) is 1.51. The van der Waals surface area contributed by atoms with Crippen LogP contribution >= 0.6 is 0 Å². The zero-order valence-corrected chi connectivity index (χ0v) is 9.29. The number of aryl methyl sites for hydroxylation is 1. The predicted octanol–water partition coefficient (Wildman–Crippen LogP) is 1.84. The highest BCUT2D eigenvalue weighted by atomic mass is 16.4. The fourth-order valence-corrected chi connectivity index (χ4v) is 1.57. The number of nitrogens with zero attached hydrogens (tertiary/aromatic N) is 2. The quantitative estimate of drug-likeness (QED) is 0.846. The lowest BCUT2D eigenvalue weighted by Crippen LogP contribution is -2.01. The monoisotopic (exact) mass is 232 g/mol. The molecule has 5 heteroatoms. The van der Waals surface area contributed by atoms with Gasteiger partial charge in [0, 0.05) is 0 Å². The zero-order valence-electron chi connectivity index (χ0n) is 9.29. The van der Waals surface area contributed by atoms with Gasteiger partial charge in [-0.2, -0.15) is 5.10 Å².